The summed E-state index contributed by atoms with van der Waals surface area (Å²) in [6.45, 7) is 5.70. The summed E-state index contributed by atoms with van der Waals surface area (Å²) in [6, 6.07) is 15.2. The van der Waals surface area contributed by atoms with Crippen LogP contribution in [0.5, 0.6) is 0 Å². The lowest BCUT2D eigenvalue weighted by atomic mass is 10.1. The molecule has 0 aliphatic heterocycles. The van der Waals surface area contributed by atoms with Crippen LogP contribution >= 0.6 is 11.3 Å². The number of para-hydroxylation sites is 1. The third kappa shape index (κ3) is 4.90. The first-order chi connectivity index (χ1) is 14.0. The summed E-state index contributed by atoms with van der Waals surface area (Å²) < 4.78 is 5.39. The van der Waals surface area contributed by atoms with Crippen LogP contribution < -0.4 is 4.90 Å². The molecule has 1 amide bonds. The van der Waals surface area contributed by atoms with Crippen LogP contribution in [0, 0.1) is 0 Å². The van der Waals surface area contributed by atoms with Gasteiger partial charge in [-0.1, -0.05) is 44.2 Å². The second-order valence-corrected chi connectivity index (χ2v) is 7.42. The number of aromatic nitrogens is 1. The molecule has 0 spiro atoms. The summed E-state index contributed by atoms with van der Waals surface area (Å²) in [4.78, 5) is 30.7. The number of hydrogen-bond donors (Lipinski definition) is 0. The number of amides is 1. The number of benzene rings is 2. The molecule has 6 heteroatoms. The van der Waals surface area contributed by atoms with Crippen LogP contribution in [0.2, 0.25) is 0 Å². The number of aryl methyl sites for hydroxylation is 2. The number of nitrogens with zero attached hydrogens (tertiary/aromatic N) is 2. The normalized spacial score (nSPS) is 10.6. The number of ether oxygens (including phenoxy) is 1. The zero-order valence-electron chi connectivity index (χ0n) is 16.8. The van der Waals surface area contributed by atoms with Gasteiger partial charge in [0.2, 0.25) is 5.91 Å². The molecule has 5 nitrogen and oxygen atoms in total. The molecule has 0 aliphatic rings. The smallest absolute Gasteiger partial charge is 0.338 e. The fourth-order valence-electron chi connectivity index (χ4n) is 3.00. The Morgan fingerprint density at radius 2 is 1.76 bits per heavy atom. The van der Waals surface area contributed by atoms with Gasteiger partial charge in [-0.05, 0) is 42.2 Å². The van der Waals surface area contributed by atoms with Crippen molar-refractivity contribution in [3.8, 4) is 0 Å². The molecule has 3 aromatic rings. The number of thiazole rings is 1. The van der Waals surface area contributed by atoms with Gasteiger partial charge in [0, 0.05) is 12.3 Å². The highest BCUT2D eigenvalue weighted by Crippen LogP contribution is 2.31. The van der Waals surface area contributed by atoms with Gasteiger partial charge in [0.1, 0.15) is 6.61 Å². The van der Waals surface area contributed by atoms with Crippen molar-refractivity contribution in [2.75, 3.05) is 4.90 Å². The van der Waals surface area contributed by atoms with Gasteiger partial charge in [0.25, 0.3) is 0 Å². The lowest BCUT2D eigenvalue weighted by molar-refractivity contribution is -0.115. The van der Waals surface area contributed by atoms with Crippen molar-refractivity contribution >= 4 is 34.0 Å². The van der Waals surface area contributed by atoms with Crippen LogP contribution in [0.25, 0.3) is 0 Å². The molecule has 0 N–H and O–H groups in total. The van der Waals surface area contributed by atoms with Crippen LogP contribution in [-0.4, -0.2) is 16.9 Å². The number of esters is 1. The molecule has 1 aromatic heterocycles. The molecule has 0 fully saturated rings. The van der Waals surface area contributed by atoms with E-state index < -0.39 is 0 Å². The summed E-state index contributed by atoms with van der Waals surface area (Å²) in [5, 5.41) is 2.38. The van der Waals surface area contributed by atoms with Crippen LogP contribution in [0.3, 0.4) is 0 Å². The lowest BCUT2D eigenvalue weighted by Crippen LogP contribution is -2.23. The van der Waals surface area contributed by atoms with Crippen LogP contribution in [0.4, 0.5) is 10.8 Å². The first kappa shape index (κ1) is 20.7. The Labute approximate surface area is 175 Å². The minimum atomic E-state index is -0.387. The molecule has 0 radical (unpaired) electrons. The highest BCUT2D eigenvalue weighted by atomic mass is 32.1. The van der Waals surface area contributed by atoms with Crippen molar-refractivity contribution in [2.45, 2.75) is 40.2 Å². The Balaban J connectivity index is 1.73. The third-order valence-electron chi connectivity index (χ3n) is 4.61. The number of anilines is 2. The summed E-state index contributed by atoms with van der Waals surface area (Å²) in [7, 11) is 0. The molecule has 3 rings (SSSR count). The van der Waals surface area contributed by atoms with E-state index in [0.717, 1.165) is 24.1 Å². The van der Waals surface area contributed by atoms with Gasteiger partial charge in [-0.25, -0.2) is 9.78 Å². The molecule has 150 valence electrons. The van der Waals surface area contributed by atoms with Crippen LogP contribution in [-0.2, 0) is 29.0 Å². The second kappa shape index (κ2) is 9.47. The predicted molar refractivity (Wildman–Crippen MR) is 116 cm³/mol. The van der Waals surface area contributed by atoms with Crippen molar-refractivity contribution in [3.63, 3.8) is 0 Å². The largest absolute Gasteiger partial charge is 0.456 e. The molecule has 2 aromatic carbocycles. The Morgan fingerprint density at radius 1 is 1.03 bits per heavy atom. The average molecular weight is 409 g/mol. The van der Waals surface area contributed by atoms with Gasteiger partial charge in [0.05, 0.1) is 16.9 Å². The zero-order chi connectivity index (χ0) is 20.8. The molecule has 0 aliphatic carbocycles. The maximum atomic E-state index is 12.3. The molecule has 0 atom stereocenters. The molecular formula is C23H24N2O3S. The monoisotopic (exact) mass is 408 g/mol. The fourth-order valence-corrected chi connectivity index (χ4v) is 3.86. The molecular weight excluding hydrogens is 384 g/mol. The standard InChI is InChI=1S/C23H24N2O3S/c1-4-17-10-12-19(13-11-17)22(27)28-14-20-15-29-23(24-20)25(16(3)26)21-9-7-6-8-18(21)5-2/h6-13,15H,4-5,14H2,1-3H3. The van der Waals surface area contributed by atoms with Crippen molar-refractivity contribution < 1.29 is 14.3 Å². The quantitative estimate of drug-likeness (QED) is 0.497. The van der Waals surface area contributed by atoms with E-state index in [1.165, 1.54) is 23.8 Å². The Morgan fingerprint density at radius 3 is 2.41 bits per heavy atom. The van der Waals surface area contributed by atoms with Crippen molar-refractivity contribution in [3.05, 3.63) is 76.3 Å². The minimum Gasteiger partial charge on any atom is -0.456 e. The van der Waals surface area contributed by atoms with Gasteiger partial charge in [-0.15, -0.1) is 11.3 Å². The maximum absolute atomic E-state index is 12.3. The highest BCUT2D eigenvalue weighted by Gasteiger charge is 2.20. The van der Waals surface area contributed by atoms with Gasteiger partial charge in [0.15, 0.2) is 5.13 Å². The van der Waals surface area contributed by atoms with E-state index in [1.807, 2.05) is 41.8 Å². The van der Waals surface area contributed by atoms with Gasteiger partial charge in [-0.3, -0.25) is 9.69 Å². The van der Waals surface area contributed by atoms with E-state index in [-0.39, 0.29) is 18.5 Å². The van der Waals surface area contributed by atoms with E-state index in [1.54, 1.807) is 17.0 Å². The first-order valence-electron chi connectivity index (χ1n) is 9.62. The summed E-state index contributed by atoms with van der Waals surface area (Å²) in [5.74, 6) is -0.498. The number of carbonyl (C=O) groups is 2. The van der Waals surface area contributed by atoms with E-state index in [4.69, 9.17) is 4.74 Å². The third-order valence-corrected chi connectivity index (χ3v) is 5.48. The lowest BCUT2D eigenvalue weighted by Gasteiger charge is -2.20. The van der Waals surface area contributed by atoms with Crippen molar-refractivity contribution in [1.29, 1.82) is 0 Å². The number of carbonyl (C=O) groups excluding carboxylic acids is 2. The SMILES string of the molecule is CCc1ccc(C(=O)OCc2csc(N(C(C)=O)c3ccccc3CC)n2)cc1. The Bertz CT molecular complexity index is 995. The Kier molecular flexibility index (Phi) is 6.77. The van der Waals surface area contributed by atoms with E-state index in [2.05, 4.69) is 18.8 Å². The summed E-state index contributed by atoms with van der Waals surface area (Å²) in [5.41, 5.74) is 4.20. The molecule has 1 heterocycles. The Hall–Kier alpha value is -2.99. The average Bonchev–Trinajstić information content (AvgIpc) is 3.20. The van der Waals surface area contributed by atoms with Gasteiger partial charge in [-0.2, -0.15) is 0 Å². The molecule has 0 bridgehead atoms. The first-order valence-corrected chi connectivity index (χ1v) is 10.5. The van der Waals surface area contributed by atoms with E-state index in [0.29, 0.717) is 16.4 Å². The van der Waals surface area contributed by atoms with Crippen molar-refractivity contribution in [1.82, 2.24) is 4.98 Å². The zero-order valence-corrected chi connectivity index (χ0v) is 17.7. The second-order valence-electron chi connectivity index (χ2n) is 6.58. The molecule has 29 heavy (non-hydrogen) atoms. The van der Waals surface area contributed by atoms with Crippen molar-refractivity contribution in [2.24, 2.45) is 0 Å². The topological polar surface area (TPSA) is 59.5 Å². The maximum Gasteiger partial charge on any atom is 0.338 e. The minimum absolute atomic E-state index is 0.0615. The van der Waals surface area contributed by atoms with Crippen LogP contribution in [0.15, 0.2) is 53.9 Å². The summed E-state index contributed by atoms with van der Waals surface area (Å²) in [6.07, 6.45) is 1.73. The van der Waals surface area contributed by atoms with Gasteiger partial charge >= 0.3 is 5.97 Å². The predicted octanol–water partition coefficient (Wildman–Crippen LogP) is 5.31. The number of hydrogen-bond acceptors (Lipinski definition) is 5. The fraction of sp³-hybridized carbons (Fsp3) is 0.261. The van der Waals surface area contributed by atoms with Gasteiger partial charge < -0.3 is 4.74 Å². The van der Waals surface area contributed by atoms with E-state index >= 15 is 0 Å². The molecule has 0 saturated carbocycles. The van der Waals surface area contributed by atoms with E-state index in [9.17, 15) is 9.59 Å². The molecule has 0 unspecified atom stereocenters. The summed E-state index contributed by atoms with van der Waals surface area (Å²) >= 11 is 1.36. The number of rotatable bonds is 7. The highest BCUT2D eigenvalue weighted by molar-refractivity contribution is 7.14. The van der Waals surface area contributed by atoms with Crippen LogP contribution in [0.1, 0.15) is 48.0 Å². The molecule has 0 saturated heterocycles.